The molecular weight excluding hydrogens is 325 g/mol. The molecule has 0 bridgehead atoms. The van der Waals surface area contributed by atoms with E-state index in [0.717, 1.165) is 0 Å². The van der Waals surface area contributed by atoms with E-state index in [2.05, 4.69) is 0 Å². The molecule has 0 aromatic heterocycles. The van der Waals surface area contributed by atoms with Crippen LogP contribution >= 0.6 is 23.2 Å². The van der Waals surface area contributed by atoms with Crippen molar-refractivity contribution in [3.8, 4) is 0 Å². The monoisotopic (exact) mass is 347 g/mol. The second kappa shape index (κ2) is 14.8. The molecule has 0 aromatic carbocycles. The summed E-state index contributed by atoms with van der Waals surface area (Å²) >= 11 is 11.1. The van der Waals surface area contributed by atoms with Crippen LogP contribution in [0.15, 0.2) is 0 Å². The quantitative estimate of drug-likeness (QED) is 0.264. The van der Waals surface area contributed by atoms with Gasteiger partial charge in [0.1, 0.15) is 13.5 Å². The zero-order chi connectivity index (χ0) is 15.9. The van der Waals surface area contributed by atoms with E-state index in [1.807, 2.05) is 0 Å². The number of ether oxygens (including phenoxy) is 5. The van der Waals surface area contributed by atoms with Crippen molar-refractivity contribution in [3.05, 3.63) is 0 Å². The van der Waals surface area contributed by atoms with E-state index < -0.39 is 10.7 Å². The van der Waals surface area contributed by atoms with Gasteiger partial charge in [-0.2, -0.15) is 0 Å². The summed E-state index contributed by atoms with van der Waals surface area (Å²) in [4.78, 5) is 12.0. The molecule has 0 aliphatic rings. The molecule has 9 heteroatoms. The number of carbonyl (C=O) groups excluding carboxylic acids is 1. The Morgan fingerprint density at radius 1 is 0.952 bits per heavy atom. The zero-order valence-corrected chi connectivity index (χ0v) is 13.9. The molecule has 0 atom stereocenters. The fourth-order valence-electron chi connectivity index (χ4n) is 1.19. The molecule has 0 N–H and O–H groups in total. The average Bonchev–Trinajstić information content (AvgIpc) is 2.47. The van der Waals surface area contributed by atoms with Crippen LogP contribution in [0.4, 0.5) is 0 Å². The van der Waals surface area contributed by atoms with Crippen LogP contribution in [-0.4, -0.2) is 83.0 Å². The van der Waals surface area contributed by atoms with Crippen molar-refractivity contribution in [2.75, 3.05) is 67.3 Å². The highest BCUT2D eigenvalue weighted by atomic mass is 35.5. The molecular formula is C12H23Cl2NO6. The number of amides is 1. The molecule has 0 fully saturated rings. The number of halogens is 2. The van der Waals surface area contributed by atoms with Crippen LogP contribution in [0.5, 0.6) is 0 Å². The molecule has 21 heavy (non-hydrogen) atoms. The standard InChI is InChI=1S/C12H23Cl2NO6/c1-17-5-7-19-9-15(12(16)11(13)14)3-4-20-10-21-8-6-18-2/h11H,3-10H2,1-2H3. The SMILES string of the molecule is COCCOCOCCN(COCCOC)C(=O)C(Cl)Cl. The topological polar surface area (TPSA) is 66.5 Å². The number of nitrogens with zero attached hydrogens (tertiary/aromatic N) is 1. The van der Waals surface area contributed by atoms with Crippen molar-refractivity contribution in [2.45, 2.75) is 4.84 Å². The van der Waals surface area contributed by atoms with Gasteiger partial charge in [0, 0.05) is 20.8 Å². The molecule has 0 aliphatic heterocycles. The Bertz CT molecular complexity index is 258. The van der Waals surface area contributed by atoms with Gasteiger partial charge in [0.2, 0.25) is 0 Å². The van der Waals surface area contributed by atoms with Gasteiger partial charge in [0.25, 0.3) is 5.91 Å². The van der Waals surface area contributed by atoms with Crippen molar-refractivity contribution < 1.29 is 28.5 Å². The molecule has 7 nitrogen and oxygen atoms in total. The fraction of sp³-hybridized carbons (Fsp3) is 0.917. The highest BCUT2D eigenvalue weighted by Crippen LogP contribution is 2.07. The lowest BCUT2D eigenvalue weighted by Gasteiger charge is -2.23. The van der Waals surface area contributed by atoms with Gasteiger partial charge in [0.15, 0.2) is 4.84 Å². The van der Waals surface area contributed by atoms with Crippen LogP contribution in [0.1, 0.15) is 0 Å². The normalized spacial score (nSPS) is 11.1. The Balaban J connectivity index is 3.85. The molecule has 0 spiro atoms. The Kier molecular flexibility index (Phi) is 14.7. The van der Waals surface area contributed by atoms with Crippen LogP contribution in [0.2, 0.25) is 0 Å². The Hall–Kier alpha value is -0.150. The third-order valence-electron chi connectivity index (χ3n) is 2.28. The van der Waals surface area contributed by atoms with Crippen LogP contribution in [0, 0.1) is 0 Å². The number of hydrogen-bond acceptors (Lipinski definition) is 6. The van der Waals surface area contributed by atoms with E-state index in [-0.39, 0.29) is 20.1 Å². The maximum atomic E-state index is 11.8. The predicted octanol–water partition coefficient (Wildman–Crippen LogP) is 0.876. The maximum absolute atomic E-state index is 11.8. The van der Waals surface area contributed by atoms with Gasteiger partial charge in [0.05, 0.1) is 33.0 Å². The second-order valence-corrected chi connectivity index (χ2v) is 4.96. The lowest BCUT2D eigenvalue weighted by atomic mass is 10.5. The van der Waals surface area contributed by atoms with Crippen molar-refractivity contribution in [1.82, 2.24) is 4.90 Å². The van der Waals surface area contributed by atoms with E-state index in [0.29, 0.717) is 33.0 Å². The van der Waals surface area contributed by atoms with E-state index >= 15 is 0 Å². The summed E-state index contributed by atoms with van der Waals surface area (Å²) < 4.78 is 25.3. The predicted molar refractivity (Wildman–Crippen MR) is 78.5 cm³/mol. The number of carbonyl (C=O) groups is 1. The molecule has 0 aliphatic carbocycles. The van der Waals surface area contributed by atoms with Crippen LogP contribution in [0.3, 0.4) is 0 Å². The Labute approximate surface area is 135 Å². The minimum atomic E-state index is -1.13. The van der Waals surface area contributed by atoms with Gasteiger partial charge in [-0.3, -0.25) is 4.79 Å². The molecule has 0 unspecified atom stereocenters. The second-order valence-electron chi connectivity index (χ2n) is 3.86. The van der Waals surface area contributed by atoms with Crippen molar-refractivity contribution in [1.29, 1.82) is 0 Å². The smallest absolute Gasteiger partial charge is 0.257 e. The summed E-state index contributed by atoms with van der Waals surface area (Å²) in [5.74, 6) is -0.431. The molecule has 126 valence electrons. The van der Waals surface area contributed by atoms with Gasteiger partial charge in [-0.05, 0) is 0 Å². The highest BCUT2D eigenvalue weighted by Gasteiger charge is 2.20. The van der Waals surface area contributed by atoms with Crippen molar-refractivity contribution in [3.63, 3.8) is 0 Å². The minimum absolute atomic E-state index is 0.0754. The Morgan fingerprint density at radius 2 is 1.52 bits per heavy atom. The summed E-state index contributed by atoms with van der Waals surface area (Å²) in [5, 5.41) is 0. The van der Waals surface area contributed by atoms with Gasteiger partial charge < -0.3 is 28.6 Å². The summed E-state index contributed by atoms with van der Waals surface area (Å²) in [6.07, 6.45) is 0. The third kappa shape index (κ3) is 12.1. The van der Waals surface area contributed by atoms with Gasteiger partial charge in [-0.15, -0.1) is 0 Å². The molecule has 0 saturated heterocycles. The van der Waals surface area contributed by atoms with E-state index in [4.69, 9.17) is 46.9 Å². The maximum Gasteiger partial charge on any atom is 0.257 e. The van der Waals surface area contributed by atoms with Crippen LogP contribution < -0.4 is 0 Å². The van der Waals surface area contributed by atoms with E-state index in [9.17, 15) is 4.79 Å². The van der Waals surface area contributed by atoms with Gasteiger partial charge in [-0.1, -0.05) is 23.2 Å². The number of alkyl halides is 2. The van der Waals surface area contributed by atoms with Crippen molar-refractivity contribution >= 4 is 29.1 Å². The third-order valence-corrected chi connectivity index (χ3v) is 2.65. The first-order valence-corrected chi connectivity index (χ1v) is 7.28. The highest BCUT2D eigenvalue weighted by molar-refractivity contribution is 6.53. The van der Waals surface area contributed by atoms with Crippen LogP contribution in [-0.2, 0) is 28.5 Å². The lowest BCUT2D eigenvalue weighted by Crippen LogP contribution is -2.39. The largest absolute Gasteiger partial charge is 0.382 e. The lowest BCUT2D eigenvalue weighted by molar-refractivity contribution is -0.138. The Morgan fingerprint density at radius 3 is 2.10 bits per heavy atom. The summed E-state index contributed by atoms with van der Waals surface area (Å²) in [6, 6.07) is 0. The fourth-order valence-corrected chi connectivity index (χ4v) is 1.46. The summed E-state index contributed by atoms with van der Waals surface area (Å²) in [7, 11) is 3.16. The van der Waals surface area contributed by atoms with Crippen molar-refractivity contribution in [2.24, 2.45) is 0 Å². The molecule has 0 heterocycles. The molecule has 0 saturated carbocycles. The first-order valence-electron chi connectivity index (χ1n) is 6.41. The number of methoxy groups -OCH3 is 2. The first-order chi connectivity index (χ1) is 10.1. The molecule has 0 aromatic rings. The number of hydrogen-bond donors (Lipinski definition) is 0. The van der Waals surface area contributed by atoms with E-state index in [1.165, 1.54) is 4.90 Å². The summed E-state index contributed by atoms with van der Waals surface area (Å²) in [5.41, 5.74) is 0. The molecule has 0 radical (unpaired) electrons. The van der Waals surface area contributed by atoms with E-state index in [1.54, 1.807) is 14.2 Å². The molecule has 0 rings (SSSR count). The number of rotatable bonds is 14. The molecule has 1 amide bonds. The zero-order valence-electron chi connectivity index (χ0n) is 12.4. The first kappa shape index (κ1) is 20.9. The average molecular weight is 348 g/mol. The summed E-state index contributed by atoms with van der Waals surface area (Å²) in [6.45, 7) is 2.55. The minimum Gasteiger partial charge on any atom is -0.382 e. The van der Waals surface area contributed by atoms with Crippen LogP contribution in [0.25, 0.3) is 0 Å². The van der Waals surface area contributed by atoms with Gasteiger partial charge >= 0.3 is 0 Å². The van der Waals surface area contributed by atoms with Gasteiger partial charge in [-0.25, -0.2) is 0 Å².